The lowest BCUT2D eigenvalue weighted by atomic mass is 9.93. The average Bonchev–Trinajstić information content (AvgIpc) is 3.37. The Hall–Kier alpha value is -3.22. The maximum Gasteiger partial charge on any atom is 0.429 e. The molecule has 41 heavy (non-hydrogen) atoms. The van der Waals surface area contributed by atoms with Gasteiger partial charge >= 0.3 is 12.1 Å². The molecule has 5 rings (SSSR count). The van der Waals surface area contributed by atoms with Crippen LogP contribution in [0.5, 0.6) is 5.88 Å². The van der Waals surface area contributed by atoms with Crippen LogP contribution in [0.1, 0.15) is 29.2 Å². The molecule has 2 unspecified atom stereocenters. The molecular formula is C28H24Cl2F3N3O4S. The summed E-state index contributed by atoms with van der Waals surface area (Å²) in [7, 11) is 0. The number of thiophene rings is 1. The molecule has 0 bridgehead atoms. The van der Waals surface area contributed by atoms with E-state index in [9.17, 15) is 18.0 Å². The van der Waals surface area contributed by atoms with Crippen LogP contribution in [0.25, 0.3) is 26.9 Å². The Bertz CT molecular complexity index is 1580. The molecule has 1 aliphatic heterocycles. The molecule has 0 saturated carbocycles. The first-order chi connectivity index (χ1) is 19.1. The quantitative estimate of drug-likeness (QED) is 0.220. The van der Waals surface area contributed by atoms with Gasteiger partial charge in [0.15, 0.2) is 0 Å². The lowest BCUT2D eigenvalue weighted by molar-refractivity contribution is -0.198. The number of nitrogens with two attached hydrogens (primary N) is 1. The van der Waals surface area contributed by atoms with Crippen molar-refractivity contribution in [1.29, 1.82) is 0 Å². The minimum atomic E-state index is -4.75. The summed E-state index contributed by atoms with van der Waals surface area (Å²) in [6, 6.07) is 10.3. The predicted octanol–water partition coefficient (Wildman–Crippen LogP) is 6.87. The number of benzene rings is 2. The summed E-state index contributed by atoms with van der Waals surface area (Å²) < 4.78 is 54.8. The number of halogens is 5. The van der Waals surface area contributed by atoms with Gasteiger partial charge in [-0.25, -0.2) is 9.97 Å². The lowest BCUT2D eigenvalue weighted by Crippen LogP contribution is -2.32. The van der Waals surface area contributed by atoms with Gasteiger partial charge in [0.25, 0.3) is 0 Å². The van der Waals surface area contributed by atoms with Gasteiger partial charge in [0.05, 0.1) is 18.7 Å². The van der Waals surface area contributed by atoms with Crippen molar-refractivity contribution in [2.24, 2.45) is 5.73 Å². The minimum Gasteiger partial charge on any atom is -0.480 e. The number of nitrogens with zero attached hydrogens (tertiary/aromatic N) is 2. The molecule has 7 nitrogen and oxygen atoms in total. The Kier molecular flexibility index (Phi) is 9.55. The normalized spacial score (nSPS) is 15.1. The smallest absolute Gasteiger partial charge is 0.429 e. The van der Waals surface area contributed by atoms with Crippen molar-refractivity contribution in [3.05, 3.63) is 82.0 Å². The van der Waals surface area contributed by atoms with Crippen LogP contribution in [0, 0.1) is 0 Å². The summed E-state index contributed by atoms with van der Waals surface area (Å²) >= 11 is 7.34. The van der Waals surface area contributed by atoms with Crippen LogP contribution in [-0.2, 0) is 16.0 Å². The molecule has 1 aliphatic rings. The van der Waals surface area contributed by atoms with Gasteiger partial charge in [-0.2, -0.15) is 13.2 Å². The van der Waals surface area contributed by atoms with E-state index in [0.29, 0.717) is 51.6 Å². The van der Waals surface area contributed by atoms with Gasteiger partial charge in [-0.05, 0) is 47.2 Å². The van der Waals surface area contributed by atoms with E-state index in [1.54, 1.807) is 35.7 Å². The number of ether oxygens (including phenoxy) is 2. The van der Waals surface area contributed by atoms with Crippen molar-refractivity contribution in [2.45, 2.75) is 31.2 Å². The summed E-state index contributed by atoms with van der Waals surface area (Å²) in [5.41, 5.74) is 9.24. The maximum absolute atomic E-state index is 14.5. The van der Waals surface area contributed by atoms with E-state index in [1.807, 2.05) is 0 Å². The zero-order valence-electron chi connectivity index (χ0n) is 21.2. The van der Waals surface area contributed by atoms with Crippen molar-refractivity contribution in [3.63, 3.8) is 0 Å². The minimum absolute atomic E-state index is 0. The number of aromatic nitrogens is 2. The van der Waals surface area contributed by atoms with Crippen molar-refractivity contribution in [3.8, 4) is 17.0 Å². The highest BCUT2D eigenvalue weighted by Gasteiger charge is 2.45. The Labute approximate surface area is 248 Å². The molecule has 3 heterocycles. The number of aliphatic carboxylic acids is 1. The highest BCUT2D eigenvalue weighted by atomic mass is 35.5. The van der Waals surface area contributed by atoms with E-state index >= 15 is 0 Å². The Balaban J connectivity index is 0.00000387. The lowest BCUT2D eigenvalue weighted by Gasteiger charge is -2.25. The van der Waals surface area contributed by atoms with Crippen molar-refractivity contribution < 1.29 is 32.5 Å². The summed E-state index contributed by atoms with van der Waals surface area (Å²) in [5, 5.41) is 11.1. The molecular weight excluding hydrogens is 602 g/mol. The number of carbonyl (C=O) groups is 1. The van der Waals surface area contributed by atoms with E-state index < -0.39 is 24.3 Å². The molecule has 0 saturated heterocycles. The summed E-state index contributed by atoms with van der Waals surface area (Å²) in [4.78, 5) is 19.4. The standard InChI is InChI=1S/C28H23ClF3N3O4S.ClH/c29-18-5-6-19(20(12-18)17-7-9-38-10-8-17)25(28(30,31)32)39-26-24-23(34-14-35-26)21(13-40-24)16-3-1-15(2-4-16)11-22(33)27(36)37;/h1-7,12-14,22,25H,8-11,33H2,(H,36,37);1H. The molecule has 0 radical (unpaired) electrons. The predicted molar refractivity (Wildman–Crippen MR) is 154 cm³/mol. The van der Waals surface area contributed by atoms with Gasteiger partial charge in [-0.1, -0.05) is 48.0 Å². The van der Waals surface area contributed by atoms with E-state index in [4.69, 9.17) is 31.9 Å². The van der Waals surface area contributed by atoms with E-state index in [0.717, 1.165) is 11.1 Å². The Morgan fingerprint density at radius 3 is 2.59 bits per heavy atom. The fraction of sp³-hybridized carbons (Fsp3) is 0.250. The zero-order chi connectivity index (χ0) is 28.4. The number of alkyl halides is 3. The highest BCUT2D eigenvalue weighted by molar-refractivity contribution is 7.18. The third-order valence-electron chi connectivity index (χ3n) is 6.49. The van der Waals surface area contributed by atoms with Gasteiger partial charge in [0, 0.05) is 21.5 Å². The maximum atomic E-state index is 14.5. The second kappa shape index (κ2) is 12.7. The fourth-order valence-corrected chi connectivity index (χ4v) is 5.64. The van der Waals surface area contributed by atoms with E-state index in [1.165, 1.54) is 35.9 Å². The third kappa shape index (κ3) is 6.82. The number of hydrogen-bond donors (Lipinski definition) is 2. The van der Waals surface area contributed by atoms with Crippen LogP contribution in [-0.4, -0.2) is 46.5 Å². The SMILES string of the molecule is Cl.NC(Cc1ccc(-c2csc3c(OC(c4ccc(Cl)cc4C4=CCOCC4)C(F)(F)F)ncnc23)cc1)C(=O)O. The number of carboxylic acid groups (broad SMARTS) is 1. The molecule has 0 fully saturated rings. The van der Waals surface area contributed by atoms with Gasteiger partial charge in [0.1, 0.15) is 17.1 Å². The number of carboxylic acids is 1. The first-order valence-corrected chi connectivity index (χ1v) is 13.5. The average molecular weight is 626 g/mol. The number of fused-ring (bicyclic) bond motifs is 1. The van der Waals surface area contributed by atoms with Crippen LogP contribution in [0.3, 0.4) is 0 Å². The molecule has 0 aliphatic carbocycles. The van der Waals surface area contributed by atoms with Crippen molar-refractivity contribution in [1.82, 2.24) is 9.97 Å². The Morgan fingerprint density at radius 2 is 1.93 bits per heavy atom. The molecule has 2 atom stereocenters. The van der Waals surface area contributed by atoms with Crippen LogP contribution in [0.2, 0.25) is 5.02 Å². The van der Waals surface area contributed by atoms with Crippen molar-refractivity contribution in [2.75, 3.05) is 13.2 Å². The van der Waals surface area contributed by atoms with Gasteiger partial charge in [-0.3, -0.25) is 4.79 Å². The Morgan fingerprint density at radius 1 is 1.17 bits per heavy atom. The molecule has 4 aromatic rings. The van der Waals surface area contributed by atoms with Gasteiger partial charge in [-0.15, -0.1) is 23.7 Å². The van der Waals surface area contributed by atoms with Crippen LogP contribution in [0.15, 0.2) is 60.2 Å². The second-order valence-corrected chi connectivity index (χ2v) is 10.5. The molecule has 13 heteroatoms. The van der Waals surface area contributed by atoms with Crippen LogP contribution in [0.4, 0.5) is 13.2 Å². The van der Waals surface area contributed by atoms with E-state index in [-0.39, 0.29) is 30.3 Å². The van der Waals surface area contributed by atoms with E-state index in [2.05, 4.69) is 9.97 Å². The van der Waals surface area contributed by atoms with Gasteiger partial charge in [0.2, 0.25) is 12.0 Å². The first kappa shape index (κ1) is 30.7. The largest absolute Gasteiger partial charge is 0.480 e. The number of hydrogen-bond acceptors (Lipinski definition) is 7. The fourth-order valence-electron chi connectivity index (χ4n) is 4.50. The molecule has 3 N–H and O–H groups in total. The first-order valence-electron chi connectivity index (χ1n) is 12.2. The number of rotatable bonds is 8. The zero-order valence-corrected chi connectivity index (χ0v) is 23.6. The molecule has 2 aromatic heterocycles. The summed E-state index contributed by atoms with van der Waals surface area (Å²) in [6.45, 7) is 0.698. The molecule has 0 amide bonds. The topological polar surface area (TPSA) is 108 Å². The molecule has 216 valence electrons. The monoisotopic (exact) mass is 625 g/mol. The summed E-state index contributed by atoms with van der Waals surface area (Å²) in [6.07, 6.45) is -3.52. The highest BCUT2D eigenvalue weighted by Crippen LogP contribution is 2.44. The third-order valence-corrected chi connectivity index (χ3v) is 7.68. The van der Waals surface area contributed by atoms with Crippen LogP contribution >= 0.6 is 35.3 Å². The summed E-state index contributed by atoms with van der Waals surface area (Å²) in [5.74, 6) is -1.28. The van der Waals surface area contributed by atoms with Crippen molar-refractivity contribution >= 4 is 57.1 Å². The van der Waals surface area contributed by atoms with Gasteiger partial charge < -0.3 is 20.3 Å². The second-order valence-electron chi connectivity index (χ2n) is 9.18. The van der Waals surface area contributed by atoms with Crippen LogP contribution < -0.4 is 10.5 Å². The molecule has 0 spiro atoms. The molecule has 2 aromatic carbocycles.